The van der Waals surface area contributed by atoms with E-state index in [0.29, 0.717) is 0 Å². The molecule has 14 aromatic rings. The number of rotatable bonds is 11. The van der Waals surface area contributed by atoms with Crippen LogP contribution in [0.1, 0.15) is 0 Å². The molecule has 4 heterocycles. The highest BCUT2D eigenvalue weighted by Crippen LogP contribution is 2.54. The van der Waals surface area contributed by atoms with Gasteiger partial charge < -0.3 is 14.7 Å². The first kappa shape index (κ1) is 49.9. The molecule has 398 valence electrons. The lowest BCUT2D eigenvalue weighted by Gasteiger charge is -2.44. The first-order valence-electron chi connectivity index (χ1n) is 28.9. The molecule has 0 saturated heterocycles. The summed E-state index contributed by atoms with van der Waals surface area (Å²) in [7, 11) is 0. The molecule has 0 aliphatic carbocycles. The SMILES string of the molecule is c1ccc(-c2ccc(N3c4cc(N(c5ccccc5)c5ccccc5)ccc4B4c5sc6ccc(-c7ccccc7)cc6c5N(c5ccc(-c6cncnc6)cc5-c5ccccc5)c5cc(-c6ccccc6)cc3c54)c(-c3ccccc3)c2)cc1. The fraction of sp³-hybridized carbons (Fsp3) is 0. The standard InChI is InChI=1S/C78H52BN5S/c1-8-22-53(23-9-1)58-36-41-70(66(44-58)56-28-14-4-15-29-56)83-72-49-65(82(63-32-18-6-19-33-63)64-34-20-7-21-35-64)39-40-69(72)79-76-73(83)47-61(55-26-12-3-13-27-55)48-74(76)84(77-68-46-59(54-24-10-2-11-25-54)38-43-75(68)85-78(77)79)71-42-37-60(62-50-80-52-81-51-62)45-67(71)57-30-16-5-17-31-57/h1-52H. The molecule has 2 aliphatic rings. The smallest absolute Gasteiger partial charge is 0.264 e. The molecule has 12 aromatic carbocycles. The van der Waals surface area contributed by atoms with Crippen molar-refractivity contribution < 1.29 is 0 Å². The molecule has 0 spiro atoms. The van der Waals surface area contributed by atoms with Crippen LogP contribution >= 0.6 is 11.3 Å². The van der Waals surface area contributed by atoms with Gasteiger partial charge in [-0.2, -0.15) is 0 Å². The highest BCUT2D eigenvalue weighted by molar-refractivity contribution is 7.33. The van der Waals surface area contributed by atoms with Gasteiger partial charge in [0.15, 0.2) is 0 Å². The Kier molecular flexibility index (Phi) is 12.4. The monoisotopic (exact) mass is 1100 g/mol. The lowest BCUT2D eigenvalue weighted by molar-refractivity contribution is 1.17. The fourth-order valence-electron chi connectivity index (χ4n) is 12.9. The Morgan fingerprint density at radius 3 is 1.31 bits per heavy atom. The second-order valence-electron chi connectivity index (χ2n) is 21.7. The Labute approximate surface area is 499 Å². The summed E-state index contributed by atoms with van der Waals surface area (Å²) in [5, 5.41) is 1.21. The zero-order valence-electron chi connectivity index (χ0n) is 46.2. The molecule has 0 saturated carbocycles. The van der Waals surface area contributed by atoms with Crippen molar-refractivity contribution in [3.63, 3.8) is 0 Å². The summed E-state index contributed by atoms with van der Waals surface area (Å²) < 4.78 is 2.52. The second-order valence-corrected chi connectivity index (χ2v) is 22.8. The Hall–Kier alpha value is -10.9. The number of nitrogens with zero attached hydrogens (tertiary/aromatic N) is 5. The minimum atomic E-state index is -0.162. The van der Waals surface area contributed by atoms with Gasteiger partial charge >= 0.3 is 0 Å². The van der Waals surface area contributed by atoms with Crippen molar-refractivity contribution in [2.45, 2.75) is 0 Å². The summed E-state index contributed by atoms with van der Waals surface area (Å²) in [5.41, 5.74) is 25.8. The predicted molar refractivity (Wildman–Crippen MR) is 359 cm³/mol. The second kappa shape index (κ2) is 21.2. The van der Waals surface area contributed by atoms with E-state index >= 15 is 0 Å². The summed E-state index contributed by atoms with van der Waals surface area (Å²) in [5.74, 6) is 0. The van der Waals surface area contributed by atoms with Crippen LogP contribution in [0.15, 0.2) is 316 Å². The Balaban J connectivity index is 1.05. The van der Waals surface area contributed by atoms with Crippen molar-refractivity contribution in [1.29, 1.82) is 0 Å². The number of para-hydroxylation sites is 2. The van der Waals surface area contributed by atoms with E-state index in [9.17, 15) is 0 Å². The Morgan fingerprint density at radius 2 is 0.765 bits per heavy atom. The number of benzene rings is 12. The average molecular weight is 1100 g/mol. The summed E-state index contributed by atoms with van der Waals surface area (Å²) in [6, 6.07) is 109. The van der Waals surface area contributed by atoms with Crippen LogP contribution in [0, 0.1) is 0 Å². The molecule has 0 fully saturated rings. The van der Waals surface area contributed by atoms with E-state index in [1.807, 2.05) is 23.7 Å². The van der Waals surface area contributed by atoms with Crippen LogP contribution in [-0.2, 0) is 0 Å². The summed E-state index contributed by atoms with van der Waals surface area (Å²) in [6.45, 7) is -0.162. The molecular weight excluding hydrogens is 1050 g/mol. The maximum absolute atomic E-state index is 4.48. The first-order valence-corrected chi connectivity index (χ1v) is 29.7. The van der Waals surface area contributed by atoms with Crippen LogP contribution in [0.3, 0.4) is 0 Å². The van der Waals surface area contributed by atoms with Gasteiger partial charge in [0.1, 0.15) is 6.33 Å². The van der Waals surface area contributed by atoms with Crippen molar-refractivity contribution >= 4 is 95.0 Å². The van der Waals surface area contributed by atoms with E-state index in [1.54, 1.807) is 6.33 Å². The van der Waals surface area contributed by atoms with Crippen molar-refractivity contribution in [1.82, 2.24) is 9.97 Å². The lowest BCUT2D eigenvalue weighted by Crippen LogP contribution is -2.60. The van der Waals surface area contributed by atoms with Crippen molar-refractivity contribution in [2.24, 2.45) is 0 Å². The van der Waals surface area contributed by atoms with E-state index in [0.717, 1.165) is 95.6 Å². The topological polar surface area (TPSA) is 35.5 Å². The Morgan fingerprint density at radius 1 is 0.318 bits per heavy atom. The third-order valence-corrected chi connectivity index (χ3v) is 18.0. The molecule has 85 heavy (non-hydrogen) atoms. The maximum atomic E-state index is 4.48. The Bertz CT molecular complexity index is 4720. The van der Waals surface area contributed by atoms with Gasteiger partial charge in [-0.1, -0.05) is 212 Å². The van der Waals surface area contributed by atoms with Gasteiger partial charge in [0.05, 0.1) is 17.1 Å². The highest BCUT2D eigenvalue weighted by Gasteiger charge is 2.46. The molecule has 7 heteroatoms. The van der Waals surface area contributed by atoms with Gasteiger partial charge in [-0.25, -0.2) is 9.97 Å². The molecule has 2 aliphatic heterocycles. The zero-order valence-corrected chi connectivity index (χ0v) is 47.1. The lowest BCUT2D eigenvalue weighted by atomic mass is 9.36. The van der Waals surface area contributed by atoms with Gasteiger partial charge in [-0.05, 0) is 146 Å². The number of anilines is 9. The third-order valence-electron chi connectivity index (χ3n) is 16.8. The number of aromatic nitrogens is 2. The number of hydrogen-bond donors (Lipinski definition) is 0. The first-order chi connectivity index (χ1) is 42.2. The van der Waals surface area contributed by atoms with E-state index in [2.05, 4.69) is 322 Å². The predicted octanol–water partition coefficient (Wildman–Crippen LogP) is 19.2. The summed E-state index contributed by atoms with van der Waals surface area (Å²) in [6.07, 6.45) is 5.41. The molecule has 0 atom stereocenters. The number of fused-ring (bicyclic) bond motifs is 6. The van der Waals surface area contributed by atoms with E-state index in [-0.39, 0.29) is 6.71 Å². The van der Waals surface area contributed by atoms with Crippen molar-refractivity contribution in [3.8, 4) is 66.8 Å². The fourth-order valence-corrected chi connectivity index (χ4v) is 14.2. The maximum Gasteiger partial charge on any atom is 0.264 e. The minimum absolute atomic E-state index is 0.162. The van der Waals surface area contributed by atoms with Gasteiger partial charge in [-0.3, -0.25) is 0 Å². The van der Waals surface area contributed by atoms with Crippen molar-refractivity contribution in [2.75, 3.05) is 14.7 Å². The average Bonchev–Trinajstić information content (AvgIpc) is 1.73. The van der Waals surface area contributed by atoms with Crippen LogP contribution in [0.25, 0.3) is 76.8 Å². The molecular formula is C78H52BN5S. The van der Waals surface area contributed by atoms with Gasteiger partial charge in [0, 0.05) is 78.1 Å². The quantitative estimate of drug-likeness (QED) is 0.121. The third kappa shape index (κ3) is 8.80. The summed E-state index contributed by atoms with van der Waals surface area (Å²) >= 11 is 1.92. The van der Waals surface area contributed by atoms with Crippen LogP contribution in [0.4, 0.5) is 51.2 Å². The minimum Gasteiger partial charge on any atom is -0.311 e. The molecule has 0 unspecified atom stereocenters. The van der Waals surface area contributed by atoms with E-state index in [1.165, 1.54) is 48.2 Å². The van der Waals surface area contributed by atoms with E-state index < -0.39 is 0 Å². The number of hydrogen-bond acceptors (Lipinski definition) is 6. The van der Waals surface area contributed by atoms with Gasteiger partial charge in [0.2, 0.25) is 0 Å². The zero-order chi connectivity index (χ0) is 56.2. The summed E-state index contributed by atoms with van der Waals surface area (Å²) in [4.78, 5) is 16.6. The molecule has 0 bridgehead atoms. The highest BCUT2D eigenvalue weighted by atomic mass is 32.1. The molecule has 0 N–H and O–H groups in total. The molecule has 2 aromatic heterocycles. The molecule has 16 rings (SSSR count). The molecule has 5 nitrogen and oxygen atoms in total. The largest absolute Gasteiger partial charge is 0.311 e. The van der Waals surface area contributed by atoms with Crippen molar-refractivity contribution in [3.05, 3.63) is 316 Å². The number of thiophene rings is 1. The molecule has 0 radical (unpaired) electrons. The van der Waals surface area contributed by atoms with E-state index in [4.69, 9.17) is 0 Å². The van der Waals surface area contributed by atoms with Gasteiger partial charge in [0.25, 0.3) is 6.71 Å². The van der Waals surface area contributed by atoms with Gasteiger partial charge in [-0.15, -0.1) is 11.3 Å². The van der Waals surface area contributed by atoms with Crippen LogP contribution in [-0.4, -0.2) is 16.7 Å². The van der Waals surface area contributed by atoms with Crippen LogP contribution in [0.2, 0.25) is 0 Å². The van der Waals surface area contributed by atoms with Crippen LogP contribution < -0.4 is 30.4 Å². The normalized spacial score (nSPS) is 12.2. The molecule has 0 amide bonds. The van der Waals surface area contributed by atoms with Crippen LogP contribution in [0.5, 0.6) is 0 Å².